The highest BCUT2D eigenvalue weighted by Gasteiger charge is 2.15. The number of amides is 2. The van der Waals surface area contributed by atoms with Crippen LogP contribution in [0, 0.1) is 11.3 Å². The van der Waals surface area contributed by atoms with E-state index >= 15 is 0 Å². The zero-order valence-corrected chi connectivity index (χ0v) is 12.4. The van der Waals surface area contributed by atoms with Crippen LogP contribution in [0.15, 0.2) is 36.4 Å². The Bertz CT molecular complexity index is 727. The van der Waals surface area contributed by atoms with Gasteiger partial charge in [-0.05, 0) is 47.9 Å². The molecule has 3 rings (SSSR count). The van der Waals surface area contributed by atoms with Gasteiger partial charge in [-0.15, -0.1) is 0 Å². The molecule has 0 radical (unpaired) electrons. The minimum atomic E-state index is -0.139. The summed E-state index contributed by atoms with van der Waals surface area (Å²) in [5.41, 5.74) is 1.41. The van der Waals surface area contributed by atoms with Crippen molar-refractivity contribution in [2.75, 3.05) is 5.32 Å². The van der Waals surface area contributed by atoms with Crippen molar-refractivity contribution in [3.8, 4) is 6.07 Å². The molecule has 2 aromatic carbocycles. The molecule has 0 saturated heterocycles. The molecule has 2 N–H and O–H groups in total. The van der Waals surface area contributed by atoms with E-state index in [2.05, 4.69) is 16.7 Å². The van der Waals surface area contributed by atoms with Gasteiger partial charge in [0, 0.05) is 11.7 Å². The standard InChI is InChI=1S/C18H19N3O/c19-12-13-6-7-15-11-17(9-8-14(15)10-13)21-18(22)20-16-4-2-1-3-5-16/h6-11,16H,1-5H2,(H2,20,21,22). The number of benzene rings is 2. The average Bonchev–Trinajstić information content (AvgIpc) is 2.55. The Labute approximate surface area is 130 Å². The fourth-order valence-electron chi connectivity index (χ4n) is 2.99. The van der Waals surface area contributed by atoms with Crippen molar-refractivity contribution < 1.29 is 4.79 Å². The van der Waals surface area contributed by atoms with Gasteiger partial charge in [0.2, 0.25) is 0 Å². The zero-order valence-electron chi connectivity index (χ0n) is 12.4. The van der Waals surface area contributed by atoms with Crippen LogP contribution in [0.2, 0.25) is 0 Å². The fraction of sp³-hybridized carbons (Fsp3) is 0.333. The molecule has 1 saturated carbocycles. The smallest absolute Gasteiger partial charge is 0.319 e. The van der Waals surface area contributed by atoms with E-state index in [0.717, 1.165) is 29.3 Å². The molecular formula is C18H19N3O. The van der Waals surface area contributed by atoms with Gasteiger partial charge in [0.25, 0.3) is 0 Å². The minimum Gasteiger partial charge on any atom is -0.335 e. The van der Waals surface area contributed by atoms with Crippen molar-refractivity contribution in [2.24, 2.45) is 0 Å². The van der Waals surface area contributed by atoms with Crippen molar-refractivity contribution in [2.45, 2.75) is 38.1 Å². The molecule has 1 fully saturated rings. The maximum Gasteiger partial charge on any atom is 0.319 e. The van der Waals surface area contributed by atoms with Gasteiger partial charge < -0.3 is 10.6 Å². The molecule has 22 heavy (non-hydrogen) atoms. The predicted octanol–water partition coefficient (Wildman–Crippen LogP) is 4.17. The molecule has 0 heterocycles. The number of urea groups is 1. The highest BCUT2D eigenvalue weighted by atomic mass is 16.2. The SMILES string of the molecule is N#Cc1ccc2cc(NC(=O)NC3CCCCC3)ccc2c1. The van der Waals surface area contributed by atoms with E-state index in [0.29, 0.717) is 11.6 Å². The van der Waals surface area contributed by atoms with Gasteiger partial charge in [0.05, 0.1) is 11.6 Å². The third-order valence-corrected chi connectivity index (χ3v) is 4.17. The molecule has 0 spiro atoms. The Hall–Kier alpha value is -2.54. The first kappa shape index (κ1) is 14.4. The maximum absolute atomic E-state index is 12.1. The number of anilines is 1. The number of fused-ring (bicyclic) bond motifs is 1. The van der Waals surface area contributed by atoms with E-state index in [-0.39, 0.29) is 6.03 Å². The summed E-state index contributed by atoms with van der Waals surface area (Å²) in [5.74, 6) is 0. The molecule has 1 aliphatic carbocycles. The van der Waals surface area contributed by atoms with Gasteiger partial charge in [-0.3, -0.25) is 0 Å². The lowest BCUT2D eigenvalue weighted by molar-refractivity contribution is 0.244. The van der Waals surface area contributed by atoms with Gasteiger partial charge in [-0.2, -0.15) is 5.26 Å². The second-order valence-corrected chi connectivity index (χ2v) is 5.82. The third-order valence-electron chi connectivity index (χ3n) is 4.17. The molecule has 0 aromatic heterocycles. The molecule has 0 aliphatic heterocycles. The molecule has 0 unspecified atom stereocenters. The van der Waals surface area contributed by atoms with Crippen LogP contribution in [0.1, 0.15) is 37.7 Å². The van der Waals surface area contributed by atoms with E-state index < -0.39 is 0 Å². The van der Waals surface area contributed by atoms with Gasteiger partial charge >= 0.3 is 6.03 Å². The summed E-state index contributed by atoms with van der Waals surface area (Å²) in [5, 5.41) is 16.9. The molecular weight excluding hydrogens is 274 g/mol. The highest BCUT2D eigenvalue weighted by Crippen LogP contribution is 2.21. The second kappa shape index (κ2) is 6.48. The molecule has 2 aromatic rings. The molecule has 0 bridgehead atoms. The molecule has 112 valence electrons. The number of nitrogens with zero attached hydrogens (tertiary/aromatic N) is 1. The normalized spacial score (nSPS) is 15.2. The Morgan fingerprint density at radius 1 is 1.05 bits per heavy atom. The fourth-order valence-corrected chi connectivity index (χ4v) is 2.99. The lowest BCUT2D eigenvalue weighted by Gasteiger charge is -2.22. The Morgan fingerprint density at radius 2 is 1.77 bits per heavy atom. The van der Waals surface area contributed by atoms with Crippen LogP contribution >= 0.6 is 0 Å². The molecule has 0 atom stereocenters. The number of hydrogen-bond donors (Lipinski definition) is 2. The van der Waals surface area contributed by atoms with E-state index in [1.807, 2.05) is 30.3 Å². The van der Waals surface area contributed by atoms with Crippen molar-refractivity contribution in [1.29, 1.82) is 5.26 Å². The monoisotopic (exact) mass is 293 g/mol. The van der Waals surface area contributed by atoms with Gasteiger partial charge in [-0.1, -0.05) is 31.4 Å². The van der Waals surface area contributed by atoms with Crippen LogP contribution in [-0.4, -0.2) is 12.1 Å². The third kappa shape index (κ3) is 3.37. The summed E-state index contributed by atoms with van der Waals surface area (Å²) in [6.45, 7) is 0. The lowest BCUT2D eigenvalue weighted by Crippen LogP contribution is -2.38. The quantitative estimate of drug-likeness (QED) is 0.873. The van der Waals surface area contributed by atoms with Gasteiger partial charge in [0.15, 0.2) is 0 Å². The van der Waals surface area contributed by atoms with Crippen LogP contribution < -0.4 is 10.6 Å². The van der Waals surface area contributed by atoms with E-state index in [1.54, 1.807) is 6.07 Å². The summed E-state index contributed by atoms with van der Waals surface area (Å²) in [6.07, 6.45) is 5.81. The maximum atomic E-state index is 12.1. The van der Waals surface area contributed by atoms with E-state index in [9.17, 15) is 4.79 Å². The van der Waals surface area contributed by atoms with Crippen molar-refractivity contribution in [1.82, 2.24) is 5.32 Å². The van der Waals surface area contributed by atoms with Gasteiger partial charge in [0.1, 0.15) is 0 Å². The molecule has 4 heteroatoms. The van der Waals surface area contributed by atoms with Crippen LogP contribution in [-0.2, 0) is 0 Å². The Morgan fingerprint density at radius 3 is 2.55 bits per heavy atom. The van der Waals surface area contributed by atoms with E-state index in [4.69, 9.17) is 5.26 Å². The number of carbonyl (C=O) groups is 1. The van der Waals surface area contributed by atoms with Crippen molar-refractivity contribution in [3.63, 3.8) is 0 Å². The Kier molecular flexibility index (Phi) is 4.24. The minimum absolute atomic E-state index is 0.139. The van der Waals surface area contributed by atoms with Crippen molar-refractivity contribution in [3.05, 3.63) is 42.0 Å². The van der Waals surface area contributed by atoms with Crippen LogP contribution in [0.5, 0.6) is 0 Å². The largest absolute Gasteiger partial charge is 0.335 e. The molecule has 1 aliphatic rings. The number of nitrogens with one attached hydrogen (secondary N) is 2. The Balaban J connectivity index is 1.68. The summed E-state index contributed by atoms with van der Waals surface area (Å²) >= 11 is 0. The first-order chi connectivity index (χ1) is 10.7. The van der Waals surface area contributed by atoms with Crippen LogP contribution in [0.4, 0.5) is 10.5 Å². The van der Waals surface area contributed by atoms with Crippen molar-refractivity contribution >= 4 is 22.5 Å². The molecule has 2 amide bonds. The van der Waals surface area contributed by atoms with E-state index in [1.165, 1.54) is 19.3 Å². The number of hydrogen-bond acceptors (Lipinski definition) is 2. The number of carbonyl (C=O) groups excluding carboxylic acids is 1. The molecule has 4 nitrogen and oxygen atoms in total. The first-order valence-corrected chi connectivity index (χ1v) is 7.76. The summed E-state index contributed by atoms with van der Waals surface area (Å²) in [4.78, 5) is 12.1. The predicted molar refractivity (Wildman–Crippen MR) is 87.7 cm³/mol. The summed E-state index contributed by atoms with van der Waals surface area (Å²) < 4.78 is 0. The van der Waals surface area contributed by atoms with Crippen LogP contribution in [0.3, 0.4) is 0 Å². The second-order valence-electron chi connectivity index (χ2n) is 5.82. The summed E-state index contributed by atoms with van der Waals surface area (Å²) in [7, 11) is 0. The van der Waals surface area contributed by atoms with Gasteiger partial charge in [-0.25, -0.2) is 4.79 Å². The zero-order chi connectivity index (χ0) is 15.4. The first-order valence-electron chi connectivity index (χ1n) is 7.76. The summed E-state index contributed by atoms with van der Waals surface area (Å²) in [6, 6.07) is 13.5. The average molecular weight is 293 g/mol. The topological polar surface area (TPSA) is 64.9 Å². The number of nitriles is 1. The highest BCUT2D eigenvalue weighted by molar-refractivity contribution is 5.93. The van der Waals surface area contributed by atoms with Crippen LogP contribution in [0.25, 0.3) is 10.8 Å². The number of rotatable bonds is 2. The lowest BCUT2D eigenvalue weighted by atomic mass is 9.96.